The van der Waals surface area contributed by atoms with Crippen LogP contribution < -0.4 is 0 Å². The molecule has 0 N–H and O–H groups in total. The second-order valence-electron chi connectivity index (χ2n) is 5.17. The Labute approximate surface area is 116 Å². The van der Waals surface area contributed by atoms with Gasteiger partial charge in [0.2, 0.25) is 0 Å². The highest BCUT2D eigenvalue weighted by Gasteiger charge is 2.25. The van der Waals surface area contributed by atoms with Crippen molar-refractivity contribution in [2.24, 2.45) is 0 Å². The van der Waals surface area contributed by atoms with E-state index in [0.29, 0.717) is 11.5 Å². The zero-order chi connectivity index (χ0) is 14.1. The van der Waals surface area contributed by atoms with Gasteiger partial charge in [0.25, 0.3) is 0 Å². The van der Waals surface area contributed by atoms with Crippen molar-refractivity contribution in [3.05, 3.63) is 70.8 Å². The number of halogens is 2. The second kappa shape index (κ2) is 5.16. The van der Waals surface area contributed by atoms with Crippen molar-refractivity contribution in [1.82, 2.24) is 0 Å². The molecule has 1 fully saturated rings. The third-order valence-electron chi connectivity index (χ3n) is 3.93. The van der Waals surface area contributed by atoms with Crippen LogP contribution in [0.5, 0.6) is 0 Å². The smallest absolute Gasteiger partial charge is 0.196 e. The molecule has 3 rings (SSSR count). The van der Waals surface area contributed by atoms with Gasteiger partial charge in [-0.1, -0.05) is 30.7 Å². The highest BCUT2D eigenvalue weighted by atomic mass is 19.1. The van der Waals surface area contributed by atoms with Crippen LogP contribution in [0.1, 0.15) is 46.7 Å². The Morgan fingerprint density at radius 3 is 2.40 bits per heavy atom. The largest absolute Gasteiger partial charge is 0.288 e. The predicted octanol–water partition coefficient (Wildman–Crippen LogP) is 4.46. The molecule has 0 unspecified atom stereocenters. The number of benzene rings is 2. The average molecular weight is 272 g/mol. The third kappa shape index (κ3) is 2.24. The van der Waals surface area contributed by atoms with Crippen molar-refractivity contribution in [1.29, 1.82) is 0 Å². The standard InChI is InChI=1S/C17H14F2O/c18-12-8-9-15(16(19)10-12)17(20)14-7-2-1-6-13(14)11-4-3-5-11/h1-2,6-11H,3-5H2. The Hall–Kier alpha value is -2.03. The van der Waals surface area contributed by atoms with Gasteiger partial charge < -0.3 is 0 Å². The lowest BCUT2D eigenvalue weighted by atomic mass is 9.77. The fourth-order valence-electron chi connectivity index (χ4n) is 2.60. The van der Waals surface area contributed by atoms with E-state index in [1.807, 2.05) is 12.1 Å². The maximum Gasteiger partial charge on any atom is 0.196 e. The summed E-state index contributed by atoms with van der Waals surface area (Å²) in [7, 11) is 0. The molecule has 1 aliphatic carbocycles. The molecule has 0 atom stereocenters. The molecule has 0 aromatic heterocycles. The predicted molar refractivity (Wildman–Crippen MR) is 72.8 cm³/mol. The molecule has 20 heavy (non-hydrogen) atoms. The summed E-state index contributed by atoms with van der Waals surface area (Å²) in [6.07, 6.45) is 3.30. The Bertz CT molecular complexity index is 660. The van der Waals surface area contributed by atoms with E-state index in [1.54, 1.807) is 12.1 Å². The van der Waals surface area contributed by atoms with Crippen LogP contribution in [0.25, 0.3) is 0 Å². The van der Waals surface area contributed by atoms with Gasteiger partial charge in [-0.05, 0) is 36.5 Å². The summed E-state index contributed by atoms with van der Waals surface area (Å²) in [6, 6.07) is 10.4. The lowest BCUT2D eigenvalue weighted by Gasteiger charge is -2.27. The number of carbonyl (C=O) groups is 1. The minimum Gasteiger partial charge on any atom is -0.288 e. The Morgan fingerprint density at radius 1 is 1.00 bits per heavy atom. The van der Waals surface area contributed by atoms with Crippen molar-refractivity contribution in [2.45, 2.75) is 25.2 Å². The third-order valence-corrected chi connectivity index (χ3v) is 3.93. The van der Waals surface area contributed by atoms with Crippen molar-refractivity contribution < 1.29 is 13.6 Å². The molecule has 0 bridgehead atoms. The molecule has 0 heterocycles. The lowest BCUT2D eigenvalue weighted by Crippen LogP contribution is -2.15. The normalized spacial score (nSPS) is 14.9. The first-order valence-corrected chi connectivity index (χ1v) is 6.75. The van der Waals surface area contributed by atoms with Gasteiger partial charge in [0, 0.05) is 11.6 Å². The van der Waals surface area contributed by atoms with E-state index >= 15 is 0 Å². The molecule has 1 aliphatic rings. The molecule has 0 spiro atoms. The lowest BCUT2D eigenvalue weighted by molar-refractivity contribution is 0.103. The SMILES string of the molecule is O=C(c1ccc(F)cc1F)c1ccccc1C1CCC1. The maximum atomic E-state index is 13.8. The van der Waals surface area contributed by atoms with Gasteiger partial charge in [-0.25, -0.2) is 8.78 Å². The van der Waals surface area contributed by atoms with Gasteiger partial charge in [-0.2, -0.15) is 0 Å². The highest BCUT2D eigenvalue weighted by Crippen LogP contribution is 2.38. The molecule has 0 aliphatic heterocycles. The maximum absolute atomic E-state index is 13.8. The Balaban J connectivity index is 2.02. The van der Waals surface area contributed by atoms with E-state index in [1.165, 1.54) is 6.07 Å². The zero-order valence-electron chi connectivity index (χ0n) is 10.9. The van der Waals surface area contributed by atoms with Crippen LogP contribution in [-0.2, 0) is 0 Å². The zero-order valence-corrected chi connectivity index (χ0v) is 10.9. The van der Waals surface area contributed by atoms with Gasteiger partial charge in [0.1, 0.15) is 11.6 Å². The highest BCUT2D eigenvalue weighted by molar-refractivity contribution is 6.10. The van der Waals surface area contributed by atoms with Gasteiger partial charge in [-0.3, -0.25) is 4.79 Å². The topological polar surface area (TPSA) is 17.1 Å². The first kappa shape index (κ1) is 13.0. The summed E-state index contributed by atoms with van der Waals surface area (Å²) >= 11 is 0. The van der Waals surface area contributed by atoms with Crippen LogP contribution in [0.3, 0.4) is 0 Å². The monoisotopic (exact) mass is 272 g/mol. The summed E-state index contributed by atoms with van der Waals surface area (Å²) < 4.78 is 26.7. The number of hydrogen-bond acceptors (Lipinski definition) is 1. The van der Waals surface area contributed by atoms with Gasteiger partial charge in [-0.15, -0.1) is 0 Å². The molecule has 1 nitrogen and oxygen atoms in total. The molecule has 2 aromatic carbocycles. The summed E-state index contributed by atoms with van der Waals surface area (Å²) in [5.74, 6) is -1.46. The molecule has 0 saturated heterocycles. The fourth-order valence-corrected chi connectivity index (χ4v) is 2.60. The van der Waals surface area contributed by atoms with E-state index in [9.17, 15) is 13.6 Å². The fraction of sp³-hybridized carbons (Fsp3) is 0.235. The van der Waals surface area contributed by atoms with Crippen LogP contribution in [-0.4, -0.2) is 5.78 Å². The summed E-state index contributed by atoms with van der Waals surface area (Å²) in [4.78, 5) is 12.5. The number of hydrogen-bond donors (Lipinski definition) is 0. The average Bonchev–Trinajstić information content (AvgIpc) is 2.37. The van der Waals surface area contributed by atoms with Gasteiger partial charge >= 0.3 is 0 Å². The quantitative estimate of drug-likeness (QED) is 0.754. The van der Waals surface area contributed by atoms with Gasteiger partial charge in [0.15, 0.2) is 5.78 Å². The van der Waals surface area contributed by atoms with Crippen LogP contribution in [0.4, 0.5) is 8.78 Å². The van der Waals surface area contributed by atoms with Crippen LogP contribution >= 0.6 is 0 Å². The Morgan fingerprint density at radius 2 is 1.75 bits per heavy atom. The van der Waals surface area contributed by atoms with Gasteiger partial charge in [0.05, 0.1) is 5.56 Å². The first-order valence-electron chi connectivity index (χ1n) is 6.75. The van der Waals surface area contributed by atoms with E-state index < -0.39 is 11.6 Å². The molecule has 2 aromatic rings. The Kier molecular flexibility index (Phi) is 3.35. The summed E-state index contributed by atoms with van der Waals surface area (Å²) in [6.45, 7) is 0. The molecule has 0 amide bonds. The molecule has 1 saturated carbocycles. The number of carbonyl (C=O) groups excluding carboxylic acids is 1. The van der Waals surface area contributed by atoms with Crippen LogP contribution in [0.15, 0.2) is 42.5 Å². The number of ketones is 1. The van der Waals surface area contributed by atoms with Crippen molar-refractivity contribution in [3.63, 3.8) is 0 Å². The van der Waals surface area contributed by atoms with Crippen molar-refractivity contribution >= 4 is 5.78 Å². The van der Waals surface area contributed by atoms with E-state index in [4.69, 9.17) is 0 Å². The summed E-state index contributed by atoms with van der Waals surface area (Å²) in [5.41, 5.74) is 1.44. The van der Waals surface area contributed by atoms with Crippen molar-refractivity contribution in [3.8, 4) is 0 Å². The first-order chi connectivity index (χ1) is 9.66. The molecular weight excluding hydrogens is 258 g/mol. The van der Waals surface area contributed by atoms with Crippen LogP contribution in [0, 0.1) is 11.6 Å². The number of rotatable bonds is 3. The molecule has 0 radical (unpaired) electrons. The minimum absolute atomic E-state index is 0.0711. The molecule has 3 heteroatoms. The van der Waals surface area contributed by atoms with E-state index in [2.05, 4.69) is 0 Å². The minimum atomic E-state index is -0.807. The molecule has 102 valence electrons. The van der Waals surface area contributed by atoms with E-state index in [-0.39, 0.29) is 11.3 Å². The molecular formula is C17H14F2O. The second-order valence-corrected chi connectivity index (χ2v) is 5.17. The van der Waals surface area contributed by atoms with Crippen LogP contribution in [0.2, 0.25) is 0 Å². The summed E-state index contributed by atoms with van der Waals surface area (Å²) in [5, 5.41) is 0. The van der Waals surface area contributed by atoms with E-state index in [0.717, 1.165) is 37.0 Å². The van der Waals surface area contributed by atoms with Crippen molar-refractivity contribution in [2.75, 3.05) is 0 Å².